The molecule has 0 aromatic heterocycles. The highest BCUT2D eigenvalue weighted by molar-refractivity contribution is 5.86. The molecule has 0 saturated heterocycles. The molecule has 1 amide bonds. The molecular weight excluding hydrogens is 408 g/mol. The van der Waals surface area contributed by atoms with Gasteiger partial charge in [0.05, 0.1) is 19.8 Å². The molecule has 0 aliphatic heterocycles. The van der Waals surface area contributed by atoms with Gasteiger partial charge >= 0.3 is 12.1 Å². The standard InChI is InChI=1S/C25H32N2O5/c1-19(2)24(28)31-14-13-26-25(29)32-16-15-30-18-21-7-11-23(12-8-21)22-9-5-20(6-10-22)17-27(3)4/h5-12H,1,13-18H2,2-4H3,(H,26,29). The van der Waals surface area contributed by atoms with Crippen molar-refractivity contribution in [3.63, 3.8) is 0 Å². The van der Waals surface area contributed by atoms with Crippen LogP contribution in [0.5, 0.6) is 0 Å². The smallest absolute Gasteiger partial charge is 0.407 e. The molecule has 0 aliphatic carbocycles. The van der Waals surface area contributed by atoms with Gasteiger partial charge in [0.1, 0.15) is 13.2 Å². The van der Waals surface area contributed by atoms with Crippen molar-refractivity contribution >= 4 is 12.1 Å². The minimum atomic E-state index is -0.582. The third kappa shape index (κ3) is 9.32. The van der Waals surface area contributed by atoms with Crippen molar-refractivity contribution in [2.24, 2.45) is 0 Å². The monoisotopic (exact) mass is 440 g/mol. The van der Waals surface area contributed by atoms with Crippen LogP contribution in [0.25, 0.3) is 11.1 Å². The van der Waals surface area contributed by atoms with Crippen molar-refractivity contribution < 1.29 is 23.8 Å². The molecule has 7 nitrogen and oxygen atoms in total. The number of hydrogen-bond acceptors (Lipinski definition) is 6. The van der Waals surface area contributed by atoms with Crippen LogP contribution < -0.4 is 5.32 Å². The maximum atomic E-state index is 11.6. The summed E-state index contributed by atoms with van der Waals surface area (Å²) in [5.41, 5.74) is 4.97. The number of ether oxygens (including phenoxy) is 3. The molecule has 2 rings (SSSR count). The maximum absolute atomic E-state index is 11.6. The lowest BCUT2D eigenvalue weighted by molar-refractivity contribution is -0.138. The molecule has 172 valence electrons. The number of hydrogen-bond donors (Lipinski definition) is 1. The Hall–Kier alpha value is -3.16. The molecule has 0 unspecified atom stereocenters. The highest BCUT2D eigenvalue weighted by atomic mass is 16.6. The first-order valence-electron chi connectivity index (χ1n) is 10.5. The Morgan fingerprint density at radius 2 is 1.47 bits per heavy atom. The van der Waals surface area contributed by atoms with Crippen LogP contribution >= 0.6 is 0 Å². The van der Waals surface area contributed by atoms with Crippen LogP contribution in [-0.2, 0) is 32.2 Å². The van der Waals surface area contributed by atoms with E-state index in [2.05, 4.69) is 67.3 Å². The summed E-state index contributed by atoms with van der Waals surface area (Å²) in [6.07, 6.45) is -0.582. The van der Waals surface area contributed by atoms with Gasteiger partial charge in [0, 0.05) is 12.1 Å². The predicted molar refractivity (Wildman–Crippen MR) is 124 cm³/mol. The SMILES string of the molecule is C=C(C)C(=O)OCCNC(=O)OCCOCc1ccc(-c2ccc(CN(C)C)cc2)cc1. The molecule has 7 heteroatoms. The highest BCUT2D eigenvalue weighted by Crippen LogP contribution is 2.21. The number of carbonyl (C=O) groups is 2. The molecular formula is C25H32N2O5. The Morgan fingerprint density at radius 3 is 2.03 bits per heavy atom. The minimum Gasteiger partial charge on any atom is -0.460 e. The van der Waals surface area contributed by atoms with Gasteiger partial charge in [0.2, 0.25) is 0 Å². The van der Waals surface area contributed by atoms with Gasteiger partial charge in [-0.15, -0.1) is 0 Å². The largest absolute Gasteiger partial charge is 0.460 e. The van der Waals surface area contributed by atoms with Gasteiger partial charge in [0.15, 0.2) is 0 Å². The Bertz CT molecular complexity index is 876. The summed E-state index contributed by atoms with van der Waals surface area (Å²) < 4.78 is 15.4. The van der Waals surface area contributed by atoms with Crippen LogP contribution in [0, 0.1) is 0 Å². The topological polar surface area (TPSA) is 77.1 Å². The number of rotatable bonds is 12. The molecule has 0 fully saturated rings. The van der Waals surface area contributed by atoms with E-state index in [0.717, 1.165) is 17.7 Å². The first-order valence-corrected chi connectivity index (χ1v) is 10.5. The van der Waals surface area contributed by atoms with Crippen molar-refractivity contribution in [3.05, 3.63) is 71.8 Å². The summed E-state index contributed by atoms with van der Waals surface area (Å²) in [7, 11) is 4.12. The Kier molecular flexibility index (Phi) is 10.4. The number of amides is 1. The zero-order valence-electron chi connectivity index (χ0n) is 19.1. The van der Waals surface area contributed by atoms with Crippen molar-refractivity contribution in [1.82, 2.24) is 10.2 Å². The average Bonchev–Trinajstić information content (AvgIpc) is 2.77. The second-order valence-electron chi connectivity index (χ2n) is 7.66. The maximum Gasteiger partial charge on any atom is 0.407 e. The fourth-order valence-electron chi connectivity index (χ4n) is 2.82. The molecule has 0 saturated carbocycles. The lowest BCUT2D eigenvalue weighted by Gasteiger charge is -2.10. The number of nitrogens with zero attached hydrogens (tertiary/aromatic N) is 1. The van der Waals surface area contributed by atoms with E-state index in [4.69, 9.17) is 14.2 Å². The summed E-state index contributed by atoms with van der Waals surface area (Å²) >= 11 is 0. The first kappa shape index (κ1) is 25.1. The van der Waals surface area contributed by atoms with Crippen LogP contribution in [-0.4, -0.2) is 57.4 Å². The van der Waals surface area contributed by atoms with Gasteiger partial charge in [-0.05, 0) is 43.3 Å². The van der Waals surface area contributed by atoms with Crippen LogP contribution in [0.15, 0.2) is 60.7 Å². The highest BCUT2D eigenvalue weighted by Gasteiger charge is 2.05. The second kappa shape index (κ2) is 13.3. The van der Waals surface area contributed by atoms with E-state index < -0.39 is 12.1 Å². The lowest BCUT2D eigenvalue weighted by Crippen LogP contribution is -2.29. The molecule has 2 aromatic carbocycles. The number of carbonyl (C=O) groups excluding carboxylic acids is 2. The quantitative estimate of drug-likeness (QED) is 0.308. The van der Waals surface area contributed by atoms with E-state index in [0.29, 0.717) is 12.2 Å². The summed E-state index contributed by atoms with van der Waals surface area (Å²) in [6.45, 7) is 7.04. The minimum absolute atomic E-state index is 0.0630. The van der Waals surface area contributed by atoms with Gasteiger partial charge in [-0.2, -0.15) is 0 Å². The Labute approximate surface area is 190 Å². The van der Waals surface area contributed by atoms with E-state index >= 15 is 0 Å². The van der Waals surface area contributed by atoms with Crippen LogP contribution in [0.2, 0.25) is 0 Å². The fourth-order valence-corrected chi connectivity index (χ4v) is 2.82. The van der Waals surface area contributed by atoms with E-state index in [-0.39, 0.29) is 26.4 Å². The molecule has 2 aromatic rings. The van der Waals surface area contributed by atoms with E-state index in [1.165, 1.54) is 11.1 Å². The number of esters is 1. The predicted octanol–water partition coefficient (Wildman–Crippen LogP) is 3.78. The zero-order valence-corrected chi connectivity index (χ0v) is 19.1. The summed E-state index contributed by atoms with van der Waals surface area (Å²) in [5.74, 6) is -0.487. The molecule has 1 N–H and O–H groups in total. The molecule has 0 atom stereocenters. The van der Waals surface area contributed by atoms with Gasteiger partial charge in [-0.1, -0.05) is 55.1 Å². The normalized spacial score (nSPS) is 10.6. The van der Waals surface area contributed by atoms with Crippen molar-refractivity contribution in [1.29, 1.82) is 0 Å². The summed E-state index contributed by atoms with van der Waals surface area (Å²) in [5, 5.41) is 2.49. The summed E-state index contributed by atoms with van der Waals surface area (Å²) in [6, 6.07) is 16.8. The van der Waals surface area contributed by atoms with Crippen LogP contribution in [0.4, 0.5) is 4.79 Å². The lowest BCUT2D eigenvalue weighted by atomic mass is 10.0. The van der Waals surface area contributed by atoms with Gasteiger partial charge in [-0.25, -0.2) is 9.59 Å². The summed E-state index contributed by atoms with van der Waals surface area (Å²) in [4.78, 5) is 24.9. The fraction of sp³-hybridized carbons (Fsp3) is 0.360. The second-order valence-corrected chi connectivity index (χ2v) is 7.66. The van der Waals surface area contributed by atoms with E-state index in [1.54, 1.807) is 6.92 Å². The van der Waals surface area contributed by atoms with Crippen molar-refractivity contribution in [2.75, 3.05) is 40.5 Å². The molecule has 0 spiro atoms. The average molecular weight is 441 g/mol. The molecule has 0 bridgehead atoms. The van der Waals surface area contributed by atoms with Gasteiger partial charge in [0.25, 0.3) is 0 Å². The number of nitrogens with one attached hydrogen (secondary N) is 1. The van der Waals surface area contributed by atoms with Crippen LogP contribution in [0.1, 0.15) is 18.1 Å². The molecule has 0 heterocycles. The van der Waals surface area contributed by atoms with E-state index in [9.17, 15) is 9.59 Å². The van der Waals surface area contributed by atoms with Gasteiger partial charge < -0.3 is 24.4 Å². The van der Waals surface area contributed by atoms with Gasteiger partial charge in [-0.3, -0.25) is 0 Å². The number of benzene rings is 2. The van der Waals surface area contributed by atoms with Crippen molar-refractivity contribution in [2.45, 2.75) is 20.1 Å². The van der Waals surface area contributed by atoms with Crippen LogP contribution in [0.3, 0.4) is 0 Å². The third-order valence-electron chi connectivity index (χ3n) is 4.42. The Morgan fingerprint density at radius 1 is 0.875 bits per heavy atom. The van der Waals surface area contributed by atoms with E-state index in [1.807, 2.05) is 12.1 Å². The van der Waals surface area contributed by atoms with Crippen molar-refractivity contribution in [3.8, 4) is 11.1 Å². The first-order chi connectivity index (χ1) is 15.3. The molecule has 0 radical (unpaired) electrons. The third-order valence-corrected chi connectivity index (χ3v) is 4.42. The zero-order chi connectivity index (χ0) is 23.3. The molecule has 32 heavy (non-hydrogen) atoms. The Balaban J connectivity index is 1.62. The number of alkyl carbamates (subject to hydrolysis) is 1. The molecule has 0 aliphatic rings.